The van der Waals surface area contributed by atoms with Gasteiger partial charge in [-0.05, 0) is 36.1 Å². The Balaban J connectivity index is 1.62. The number of nitrogens with one attached hydrogen (secondary N) is 2. The van der Waals surface area contributed by atoms with Crippen LogP contribution in [0.15, 0.2) is 41.1 Å². The number of thiophene rings is 1. The number of benzene rings is 1. The smallest absolute Gasteiger partial charge is 0.265 e. The van der Waals surface area contributed by atoms with E-state index < -0.39 is 0 Å². The molecule has 0 saturated carbocycles. The third kappa shape index (κ3) is 4.47. The molecule has 0 fully saturated rings. The lowest BCUT2D eigenvalue weighted by Gasteiger charge is -2.10. The minimum absolute atomic E-state index is 0.179. The highest BCUT2D eigenvalue weighted by molar-refractivity contribution is 7.13. The molecule has 3 aromatic rings. The second kappa shape index (κ2) is 8.11. The zero-order valence-electron chi connectivity index (χ0n) is 14.1. The van der Waals surface area contributed by atoms with Gasteiger partial charge in [-0.2, -0.15) is 0 Å². The van der Waals surface area contributed by atoms with Crippen molar-refractivity contribution in [3.63, 3.8) is 0 Å². The fourth-order valence-electron chi connectivity index (χ4n) is 2.33. The van der Waals surface area contributed by atoms with Gasteiger partial charge in [0.25, 0.3) is 11.8 Å². The van der Waals surface area contributed by atoms with Crippen molar-refractivity contribution in [2.24, 2.45) is 0 Å². The summed E-state index contributed by atoms with van der Waals surface area (Å²) in [7, 11) is 0. The number of anilines is 2. The van der Waals surface area contributed by atoms with Crippen LogP contribution in [-0.4, -0.2) is 23.3 Å². The number of hydrogen-bond donors (Lipinski definition) is 3. The van der Waals surface area contributed by atoms with Gasteiger partial charge < -0.3 is 16.4 Å². The van der Waals surface area contributed by atoms with Crippen molar-refractivity contribution in [2.75, 3.05) is 17.6 Å². The topological polar surface area (TPSA) is 97.1 Å². The molecule has 1 aromatic carbocycles. The van der Waals surface area contributed by atoms with E-state index in [0.717, 1.165) is 11.3 Å². The minimum atomic E-state index is -0.195. The van der Waals surface area contributed by atoms with Gasteiger partial charge in [0.1, 0.15) is 0 Å². The van der Waals surface area contributed by atoms with Crippen LogP contribution in [0.25, 0.3) is 0 Å². The summed E-state index contributed by atoms with van der Waals surface area (Å²) in [6.45, 7) is 2.35. The van der Waals surface area contributed by atoms with Crippen molar-refractivity contribution in [1.29, 1.82) is 0 Å². The molecule has 2 amide bonds. The summed E-state index contributed by atoms with van der Waals surface area (Å²) in [5, 5.41) is 9.97. The molecule has 2 aromatic heterocycles. The van der Waals surface area contributed by atoms with Gasteiger partial charge in [0, 0.05) is 29.6 Å². The van der Waals surface area contributed by atoms with Crippen molar-refractivity contribution < 1.29 is 9.59 Å². The third-order valence-corrected chi connectivity index (χ3v) is 5.32. The predicted molar refractivity (Wildman–Crippen MR) is 106 cm³/mol. The Morgan fingerprint density at radius 3 is 2.73 bits per heavy atom. The highest BCUT2D eigenvalue weighted by atomic mass is 32.1. The molecule has 4 N–H and O–H groups in total. The molecule has 0 aliphatic carbocycles. The molecule has 0 bridgehead atoms. The van der Waals surface area contributed by atoms with E-state index in [1.807, 2.05) is 29.8 Å². The van der Waals surface area contributed by atoms with Crippen LogP contribution in [0.4, 0.5) is 10.8 Å². The van der Waals surface area contributed by atoms with Gasteiger partial charge in [0.05, 0.1) is 10.6 Å². The fourth-order valence-corrected chi connectivity index (χ4v) is 3.55. The van der Waals surface area contributed by atoms with E-state index in [9.17, 15) is 9.59 Å². The molecule has 3 rings (SSSR count). The molecule has 0 saturated heterocycles. The fraction of sp³-hybridized carbons (Fsp3) is 0.167. The normalized spacial score (nSPS) is 10.5. The monoisotopic (exact) mass is 386 g/mol. The first-order valence-electron chi connectivity index (χ1n) is 7.96. The van der Waals surface area contributed by atoms with Gasteiger partial charge >= 0.3 is 0 Å². The number of hydrogen-bond acceptors (Lipinski definition) is 6. The number of carbonyl (C=O) groups is 2. The Labute approximate surface area is 159 Å². The summed E-state index contributed by atoms with van der Waals surface area (Å²) < 4.78 is 0. The molecule has 0 atom stereocenters. The maximum absolute atomic E-state index is 12.4. The number of nitrogens with zero attached hydrogens (tertiary/aromatic N) is 1. The Morgan fingerprint density at radius 2 is 2.04 bits per heavy atom. The number of carbonyl (C=O) groups excluding carboxylic acids is 2. The number of rotatable bonds is 6. The SMILES string of the molecule is Cc1ccc(C(=O)NCCc2csc(N)n2)cc1NC(=O)c1cccs1. The zero-order valence-corrected chi connectivity index (χ0v) is 15.7. The van der Waals surface area contributed by atoms with Gasteiger partial charge in [-0.1, -0.05) is 12.1 Å². The average Bonchev–Trinajstić information content (AvgIpc) is 3.28. The Bertz CT molecular complexity index is 919. The van der Waals surface area contributed by atoms with Crippen LogP contribution in [0.2, 0.25) is 0 Å². The van der Waals surface area contributed by atoms with Crippen LogP contribution in [0.5, 0.6) is 0 Å². The van der Waals surface area contributed by atoms with Crippen LogP contribution < -0.4 is 16.4 Å². The first-order chi connectivity index (χ1) is 12.5. The average molecular weight is 387 g/mol. The first-order valence-corrected chi connectivity index (χ1v) is 9.72. The summed E-state index contributed by atoms with van der Waals surface area (Å²) in [6, 6.07) is 8.84. The number of aromatic nitrogens is 1. The highest BCUT2D eigenvalue weighted by Gasteiger charge is 2.12. The van der Waals surface area contributed by atoms with E-state index in [1.54, 1.807) is 18.2 Å². The molecule has 6 nitrogen and oxygen atoms in total. The predicted octanol–water partition coefficient (Wildman–Crippen LogP) is 3.32. The quantitative estimate of drug-likeness (QED) is 0.605. The van der Waals surface area contributed by atoms with Gasteiger partial charge in [-0.25, -0.2) is 4.98 Å². The van der Waals surface area contributed by atoms with Crippen molar-refractivity contribution in [3.8, 4) is 0 Å². The molecule has 0 aliphatic rings. The van der Waals surface area contributed by atoms with Crippen LogP contribution >= 0.6 is 22.7 Å². The van der Waals surface area contributed by atoms with E-state index >= 15 is 0 Å². The molecular formula is C18H18N4O2S2. The summed E-state index contributed by atoms with van der Waals surface area (Å²) in [5.74, 6) is -0.374. The second-order valence-electron chi connectivity index (χ2n) is 5.64. The van der Waals surface area contributed by atoms with Gasteiger partial charge in [0.15, 0.2) is 5.13 Å². The van der Waals surface area contributed by atoms with Crippen molar-refractivity contribution in [1.82, 2.24) is 10.3 Å². The van der Waals surface area contributed by atoms with Gasteiger partial charge in [-0.3, -0.25) is 9.59 Å². The van der Waals surface area contributed by atoms with Gasteiger partial charge in [0.2, 0.25) is 0 Å². The van der Waals surface area contributed by atoms with Crippen LogP contribution in [0.3, 0.4) is 0 Å². The van der Waals surface area contributed by atoms with E-state index in [0.29, 0.717) is 34.2 Å². The number of nitrogen functional groups attached to an aromatic ring is 1. The van der Waals surface area contributed by atoms with Gasteiger partial charge in [-0.15, -0.1) is 22.7 Å². The number of nitrogens with two attached hydrogens (primary N) is 1. The second-order valence-corrected chi connectivity index (χ2v) is 7.48. The molecular weight excluding hydrogens is 368 g/mol. The molecule has 0 radical (unpaired) electrons. The molecule has 0 unspecified atom stereocenters. The minimum Gasteiger partial charge on any atom is -0.375 e. The van der Waals surface area contributed by atoms with Crippen molar-refractivity contribution in [2.45, 2.75) is 13.3 Å². The van der Waals surface area contributed by atoms with Crippen LogP contribution in [-0.2, 0) is 6.42 Å². The summed E-state index contributed by atoms with van der Waals surface area (Å²) in [5.41, 5.74) is 8.47. The summed E-state index contributed by atoms with van der Waals surface area (Å²) in [4.78, 5) is 29.4. The van der Waals surface area contributed by atoms with E-state index in [-0.39, 0.29) is 11.8 Å². The molecule has 0 spiro atoms. The summed E-state index contributed by atoms with van der Waals surface area (Å²) >= 11 is 2.75. The molecule has 2 heterocycles. The van der Waals surface area contributed by atoms with Crippen molar-refractivity contribution in [3.05, 3.63) is 62.8 Å². The Morgan fingerprint density at radius 1 is 1.19 bits per heavy atom. The van der Waals surface area contributed by atoms with E-state index in [4.69, 9.17) is 5.73 Å². The largest absolute Gasteiger partial charge is 0.375 e. The first kappa shape index (κ1) is 18.1. The zero-order chi connectivity index (χ0) is 18.5. The maximum atomic E-state index is 12.4. The van der Waals surface area contributed by atoms with E-state index in [1.165, 1.54) is 22.7 Å². The molecule has 8 heteroatoms. The van der Waals surface area contributed by atoms with E-state index in [2.05, 4.69) is 15.6 Å². The standard InChI is InChI=1S/C18H18N4O2S2/c1-11-4-5-12(9-14(11)22-17(24)15-3-2-8-25-15)16(23)20-7-6-13-10-26-18(19)21-13/h2-5,8-10H,6-7H2,1H3,(H2,19,21)(H,20,23)(H,22,24). The van der Waals surface area contributed by atoms with Crippen molar-refractivity contribution >= 4 is 45.3 Å². The molecule has 0 aliphatic heterocycles. The lowest BCUT2D eigenvalue weighted by Crippen LogP contribution is -2.26. The van der Waals surface area contributed by atoms with Crippen LogP contribution in [0, 0.1) is 6.92 Å². The number of thiazole rings is 1. The number of amides is 2. The summed E-state index contributed by atoms with van der Waals surface area (Å²) in [6.07, 6.45) is 0.618. The Hall–Kier alpha value is -2.71. The highest BCUT2D eigenvalue weighted by Crippen LogP contribution is 2.19. The lowest BCUT2D eigenvalue weighted by molar-refractivity contribution is 0.0952. The Kier molecular flexibility index (Phi) is 5.65. The maximum Gasteiger partial charge on any atom is 0.265 e. The molecule has 26 heavy (non-hydrogen) atoms. The molecule has 134 valence electrons. The number of aryl methyl sites for hydroxylation is 1. The van der Waals surface area contributed by atoms with Crippen LogP contribution in [0.1, 0.15) is 31.3 Å². The lowest BCUT2D eigenvalue weighted by atomic mass is 10.1. The third-order valence-electron chi connectivity index (χ3n) is 3.73.